The van der Waals surface area contributed by atoms with Crippen LogP contribution in [0.5, 0.6) is 11.5 Å². The highest BCUT2D eigenvalue weighted by molar-refractivity contribution is 5.78. The molecule has 1 unspecified atom stereocenters. The average Bonchev–Trinajstić information content (AvgIpc) is 2.81. The highest BCUT2D eigenvalue weighted by Gasteiger charge is 2.29. The molecule has 0 spiro atoms. The van der Waals surface area contributed by atoms with Crippen LogP contribution >= 0.6 is 0 Å². The molecule has 1 heterocycles. The van der Waals surface area contributed by atoms with Gasteiger partial charge in [-0.2, -0.15) is 0 Å². The van der Waals surface area contributed by atoms with Crippen molar-refractivity contribution in [2.75, 3.05) is 13.9 Å². The van der Waals surface area contributed by atoms with Crippen molar-refractivity contribution in [1.82, 2.24) is 0 Å². The molecule has 0 amide bonds. The second-order valence-corrected chi connectivity index (χ2v) is 3.90. The molecule has 0 saturated heterocycles. The number of methoxy groups -OCH3 is 1. The Morgan fingerprint density at radius 3 is 2.71 bits per heavy atom. The average molecular weight is 238 g/mol. The van der Waals surface area contributed by atoms with E-state index >= 15 is 0 Å². The molecule has 17 heavy (non-hydrogen) atoms. The minimum absolute atomic E-state index is 0.0977. The lowest BCUT2D eigenvalue weighted by Gasteiger charge is -2.14. The first-order valence-corrected chi connectivity index (χ1v) is 5.21. The first kappa shape index (κ1) is 11.7. The van der Waals surface area contributed by atoms with Gasteiger partial charge in [-0.15, -0.1) is 0 Å². The van der Waals surface area contributed by atoms with Crippen molar-refractivity contribution in [3.8, 4) is 11.5 Å². The fourth-order valence-corrected chi connectivity index (χ4v) is 1.80. The number of esters is 1. The van der Waals surface area contributed by atoms with Crippen LogP contribution in [0.3, 0.4) is 0 Å². The maximum atomic E-state index is 11.3. The largest absolute Gasteiger partial charge is 0.467 e. The Morgan fingerprint density at radius 1 is 1.41 bits per heavy atom. The van der Waals surface area contributed by atoms with Crippen molar-refractivity contribution >= 4 is 5.97 Å². The van der Waals surface area contributed by atoms with Crippen LogP contribution in [0.15, 0.2) is 6.07 Å². The predicted octanol–water partition coefficient (Wildman–Crippen LogP) is 1.24. The van der Waals surface area contributed by atoms with E-state index in [0.717, 1.165) is 11.1 Å². The molecule has 0 fully saturated rings. The molecule has 0 aromatic heterocycles. The van der Waals surface area contributed by atoms with Crippen LogP contribution in [0.1, 0.15) is 22.8 Å². The fraction of sp³-hybridized carbons (Fsp3) is 0.417. The molecular weight excluding hydrogens is 224 g/mol. The van der Waals surface area contributed by atoms with Gasteiger partial charge in [-0.3, -0.25) is 0 Å². The van der Waals surface area contributed by atoms with E-state index in [2.05, 4.69) is 4.74 Å². The Hall–Kier alpha value is -1.75. The minimum atomic E-state index is -1.35. The highest BCUT2D eigenvalue weighted by Crippen LogP contribution is 2.42. The van der Waals surface area contributed by atoms with E-state index in [0.29, 0.717) is 17.1 Å². The number of aryl methyl sites for hydroxylation is 1. The number of carbonyl (C=O) groups excluding carboxylic acids is 1. The molecule has 1 aliphatic heterocycles. The number of aliphatic hydroxyl groups excluding tert-OH is 1. The number of aliphatic hydroxyl groups is 1. The Labute approximate surface area is 98.9 Å². The van der Waals surface area contributed by atoms with Crippen LogP contribution in [-0.2, 0) is 9.53 Å². The molecule has 1 aromatic carbocycles. The Balaban J connectivity index is 2.52. The van der Waals surface area contributed by atoms with Crippen LogP contribution in [0.2, 0.25) is 0 Å². The fourth-order valence-electron chi connectivity index (χ4n) is 1.80. The smallest absolute Gasteiger partial charge is 0.339 e. The van der Waals surface area contributed by atoms with Crippen LogP contribution in [0.4, 0.5) is 0 Å². The van der Waals surface area contributed by atoms with Crippen molar-refractivity contribution < 1.29 is 24.1 Å². The van der Waals surface area contributed by atoms with E-state index in [1.165, 1.54) is 7.11 Å². The van der Waals surface area contributed by atoms with Crippen LogP contribution in [-0.4, -0.2) is 25.0 Å². The highest BCUT2D eigenvalue weighted by atomic mass is 16.7. The SMILES string of the molecule is COC(=O)C(O)c1cc(C)c(C)c2c1OCO2. The molecule has 1 aliphatic rings. The Morgan fingerprint density at radius 2 is 2.06 bits per heavy atom. The molecule has 5 nitrogen and oxygen atoms in total. The first-order chi connectivity index (χ1) is 8.06. The molecule has 1 atom stereocenters. The zero-order valence-electron chi connectivity index (χ0n) is 9.94. The summed E-state index contributed by atoms with van der Waals surface area (Å²) in [6.45, 7) is 3.88. The zero-order chi connectivity index (χ0) is 12.6. The van der Waals surface area contributed by atoms with Crippen molar-refractivity contribution in [2.24, 2.45) is 0 Å². The summed E-state index contributed by atoms with van der Waals surface area (Å²) in [6, 6.07) is 1.71. The van der Waals surface area contributed by atoms with E-state index < -0.39 is 12.1 Å². The van der Waals surface area contributed by atoms with Gasteiger partial charge in [0.05, 0.1) is 7.11 Å². The molecule has 0 saturated carbocycles. The van der Waals surface area contributed by atoms with Crippen molar-refractivity contribution in [3.05, 3.63) is 22.8 Å². The van der Waals surface area contributed by atoms with E-state index in [9.17, 15) is 9.90 Å². The number of rotatable bonds is 2. The third-order valence-corrected chi connectivity index (χ3v) is 2.90. The molecule has 2 rings (SSSR count). The zero-order valence-corrected chi connectivity index (χ0v) is 9.94. The van der Waals surface area contributed by atoms with Crippen LogP contribution in [0.25, 0.3) is 0 Å². The van der Waals surface area contributed by atoms with E-state index in [-0.39, 0.29) is 6.79 Å². The van der Waals surface area contributed by atoms with E-state index in [1.807, 2.05) is 13.8 Å². The van der Waals surface area contributed by atoms with Gasteiger partial charge < -0.3 is 19.3 Å². The van der Waals surface area contributed by atoms with Crippen molar-refractivity contribution in [1.29, 1.82) is 0 Å². The number of hydrogen-bond acceptors (Lipinski definition) is 5. The number of hydrogen-bond donors (Lipinski definition) is 1. The van der Waals surface area contributed by atoms with Gasteiger partial charge in [0.2, 0.25) is 6.79 Å². The molecule has 1 aromatic rings. The number of benzene rings is 1. The predicted molar refractivity (Wildman–Crippen MR) is 59.0 cm³/mol. The van der Waals surface area contributed by atoms with Gasteiger partial charge in [-0.1, -0.05) is 0 Å². The Kier molecular flexibility index (Phi) is 2.93. The number of carbonyl (C=O) groups is 1. The summed E-state index contributed by atoms with van der Waals surface area (Å²) in [5, 5.41) is 9.86. The maximum Gasteiger partial charge on any atom is 0.339 e. The van der Waals surface area contributed by atoms with Gasteiger partial charge in [0, 0.05) is 5.56 Å². The van der Waals surface area contributed by atoms with Gasteiger partial charge in [0.25, 0.3) is 0 Å². The van der Waals surface area contributed by atoms with Gasteiger partial charge in [-0.05, 0) is 31.0 Å². The van der Waals surface area contributed by atoms with Crippen LogP contribution in [0, 0.1) is 13.8 Å². The molecule has 0 aliphatic carbocycles. The maximum absolute atomic E-state index is 11.3. The summed E-state index contributed by atoms with van der Waals surface area (Å²) in [7, 11) is 1.23. The van der Waals surface area contributed by atoms with E-state index in [4.69, 9.17) is 9.47 Å². The molecule has 0 bridgehead atoms. The minimum Gasteiger partial charge on any atom is -0.467 e. The summed E-state index contributed by atoms with van der Waals surface area (Å²) in [5.74, 6) is 0.292. The normalized spacial score (nSPS) is 14.6. The second-order valence-electron chi connectivity index (χ2n) is 3.90. The van der Waals surface area contributed by atoms with Gasteiger partial charge in [0.15, 0.2) is 17.6 Å². The third-order valence-electron chi connectivity index (χ3n) is 2.90. The Bertz CT molecular complexity index is 466. The van der Waals surface area contributed by atoms with E-state index in [1.54, 1.807) is 6.07 Å². The number of fused-ring (bicyclic) bond motifs is 1. The molecular formula is C12H14O5. The summed E-state index contributed by atoms with van der Waals surface area (Å²) < 4.78 is 15.1. The lowest BCUT2D eigenvalue weighted by Crippen LogP contribution is -2.14. The number of ether oxygens (including phenoxy) is 3. The second kappa shape index (κ2) is 4.25. The standard InChI is InChI=1S/C12H14O5/c1-6-4-8(9(13)12(14)15-3)11-10(7(6)2)16-5-17-11/h4,9,13H,5H2,1-3H3. The molecule has 92 valence electrons. The van der Waals surface area contributed by atoms with Crippen molar-refractivity contribution in [3.63, 3.8) is 0 Å². The monoisotopic (exact) mass is 238 g/mol. The summed E-state index contributed by atoms with van der Waals surface area (Å²) in [6.07, 6.45) is -1.35. The van der Waals surface area contributed by atoms with Gasteiger partial charge in [0.1, 0.15) is 0 Å². The molecule has 0 radical (unpaired) electrons. The third kappa shape index (κ3) is 1.82. The summed E-state index contributed by atoms with van der Waals surface area (Å²) >= 11 is 0. The molecule has 1 N–H and O–H groups in total. The first-order valence-electron chi connectivity index (χ1n) is 5.21. The lowest BCUT2D eigenvalue weighted by molar-refractivity contribution is -0.150. The lowest BCUT2D eigenvalue weighted by atomic mass is 10.00. The van der Waals surface area contributed by atoms with Gasteiger partial charge in [-0.25, -0.2) is 4.79 Å². The summed E-state index contributed by atoms with van der Waals surface area (Å²) in [5.41, 5.74) is 2.25. The molecule has 5 heteroatoms. The quantitative estimate of drug-likeness (QED) is 0.785. The summed E-state index contributed by atoms with van der Waals surface area (Å²) in [4.78, 5) is 11.3. The van der Waals surface area contributed by atoms with Crippen molar-refractivity contribution in [2.45, 2.75) is 20.0 Å². The van der Waals surface area contributed by atoms with Crippen LogP contribution < -0.4 is 9.47 Å². The van der Waals surface area contributed by atoms with Gasteiger partial charge >= 0.3 is 5.97 Å². The topological polar surface area (TPSA) is 65.0 Å².